The Kier molecular flexibility index (Phi) is 5.38. The average Bonchev–Trinajstić information content (AvgIpc) is 2.83. The number of ether oxygens (including phenoxy) is 1. The first kappa shape index (κ1) is 19.5. The Morgan fingerprint density at radius 3 is 2.46 bits per heavy atom. The fraction of sp³-hybridized carbons (Fsp3) is 0.294. The zero-order valence-electron chi connectivity index (χ0n) is 14.2. The van der Waals surface area contributed by atoms with Gasteiger partial charge in [-0.25, -0.2) is 9.18 Å². The second kappa shape index (κ2) is 7.19. The molecule has 0 saturated carbocycles. The van der Waals surface area contributed by atoms with E-state index in [0.29, 0.717) is 23.4 Å². The maximum Gasteiger partial charge on any atom is 0.419 e. The Morgan fingerprint density at radius 2 is 1.88 bits per heavy atom. The second-order valence-electron chi connectivity index (χ2n) is 5.49. The van der Waals surface area contributed by atoms with Crippen LogP contribution in [0.3, 0.4) is 0 Å². The number of aromatic amines is 1. The third-order valence-corrected chi connectivity index (χ3v) is 3.67. The van der Waals surface area contributed by atoms with Crippen molar-refractivity contribution in [2.45, 2.75) is 26.9 Å². The number of amides is 1. The zero-order valence-corrected chi connectivity index (χ0v) is 14.2. The third kappa shape index (κ3) is 3.87. The number of benzene rings is 1. The standard InChI is InChI=1S/C17H16F4N2O3/c1-4-26-16(25)13-8(2)14(22-9(13)3)15(24)23-10-5-6-12(18)11(7-10)17(19,20)21/h5-7,22H,4H2,1-3H3,(H,23,24). The predicted octanol–water partition coefficient (Wildman–Crippen LogP) is 4.22. The van der Waals surface area contributed by atoms with Gasteiger partial charge in [0.1, 0.15) is 11.5 Å². The number of rotatable bonds is 4. The van der Waals surface area contributed by atoms with E-state index in [0.717, 1.165) is 6.07 Å². The fourth-order valence-corrected chi connectivity index (χ4v) is 2.50. The third-order valence-electron chi connectivity index (χ3n) is 3.67. The highest BCUT2D eigenvalue weighted by Gasteiger charge is 2.34. The van der Waals surface area contributed by atoms with Crippen molar-refractivity contribution in [2.75, 3.05) is 11.9 Å². The number of hydrogen-bond donors (Lipinski definition) is 2. The van der Waals surface area contributed by atoms with Crippen molar-refractivity contribution in [2.24, 2.45) is 0 Å². The van der Waals surface area contributed by atoms with Gasteiger partial charge in [-0.1, -0.05) is 0 Å². The van der Waals surface area contributed by atoms with Crippen molar-refractivity contribution < 1.29 is 31.9 Å². The van der Waals surface area contributed by atoms with Crippen molar-refractivity contribution in [3.63, 3.8) is 0 Å². The summed E-state index contributed by atoms with van der Waals surface area (Å²) in [6.45, 7) is 4.86. The number of carbonyl (C=O) groups is 2. The number of esters is 1. The molecule has 0 aliphatic heterocycles. The Morgan fingerprint density at radius 1 is 1.23 bits per heavy atom. The van der Waals surface area contributed by atoms with E-state index in [2.05, 4.69) is 10.3 Å². The van der Waals surface area contributed by atoms with Crippen molar-refractivity contribution in [3.8, 4) is 0 Å². The number of nitrogens with one attached hydrogen (secondary N) is 2. The Labute approximate surface area is 146 Å². The van der Waals surface area contributed by atoms with E-state index in [1.807, 2.05) is 0 Å². The SMILES string of the molecule is CCOC(=O)c1c(C)[nH]c(C(=O)Nc2ccc(F)c(C(F)(F)F)c2)c1C. The first-order valence-corrected chi connectivity index (χ1v) is 7.60. The lowest BCUT2D eigenvalue weighted by Crippen LogP contribution is -2.16. The van der Waals surface area contributed by atoms with Gasteiger partial charge in [-0.05, 0) is 44.5 Å². The molecule has 2 aromatic rings. The van der Waals surface area contributed by atoms with Gasteiger partial charge in [-0.3, -0.25) is 4.79 Å². The first-order chi connectivity index (χ1) is 12.1. The van der Waals surface area contributed by atoms with E-state index in [4.69, 9.17) is 4.74 Å². The van der Waals surface area contributed by atoms with Crippen LogP contribution in [0.4, 0.5) is 23.2 Å². The molecule has 0 unspecified atom stereocenters. The molecular weight excluding hydrogens is 356 g/mol. The molecule has 5 nitrogen and oxygen atoms in total. The average molecular weight is 372 g/mol. The molecule has 1 heterocycles. The number of carbonyl (C=O) groups excluding carboxylic acids is 2. The van der Waals surface area contributed by atoms with Crippen LogP contribution in [0.2, 0.25) is 0 Å². The van der Waals surface area contributed by atoms with Gasteiger partial charge in [-0.2, -0.15) is 13.2 Å². The van der Waals surface area contributed by atoms with Gasteiger partial charge in [0.05, 0.1) is 17.7 Å². The minimum Gasteiger partial charge on any atom is -0.462 e. The maximum absolute atomic E-state index is 13.3. The summed E-state index contributed by atoms with van der Waals surface area (Å²) < 4.78 is 56.5. The van der Waals surface area contributed by atoms with Crippen LogP contribution in [0.15, 0.2) is 18.2 Å². The van der Waals surface area contributed by atoms with Gasteiger partial charge in [0, 0.05) is 11.4 Å². The van der Waals surface area contributed by atoms with Crippen molar-refractivity contribution in [1.82, 2.24) is 4.98 Å². The molecule has 1 aromatic heterocycles. The Bertz CT molecular complexity index is 856. The van der Waals surface area contributed by atoms with Gasteiger partial charge in [0.2, 0.25) is 0 Å². The summed E-state index contributed by atoms with van der Waals surface area (Å²) in [4.78, 5) is 27.0. The predicted molar refractivity (Wildman–Crippen MR) is 85.6 cm³/mol. The number of aromatic nitrogens is 1. The summed E-state index contributed by atoms with van der Waals surface area (Å²) in [6, 6.07) is 2.14. The molecule has 0 aliphatic carbocycles. The summed E-state index contributed by atoms with van der Waals surface area (Å²) in [5.74, 6) is -2.81. The van der Waals surface area contributed by atoms with Crippen molar-refractivity contribution in [1.29, 1.82) is 0 Å². The highest BCUT2D eigenvalue weighted by Crippen LogP contribution is 2.33. The molecule has 1 aromatic carbocycles. The van der Waals surface area contributed by atoms with E-state index in [9.17, 15) is 27.2 Å². The van der Waals surface area contributed by atoms with Gasteiger partial charge in [0.25, 0.3) is 5.91 Å². The van der Waals surface area contributed by atoms with Crippen LogP contribution in [0.1, 0.15) is 44.6 Å². The van der Waals surface area contributed by atoms with Crippen LogP contribution in [-0.2, 0) is 10.9 Å². The topological polar surface area (TPSA) is 71.2 Å². The van der Waals surface area contributed by atoms with Crippen molar-refractivity contribution in [3.05, 3.63) is 52.1 Å². The van der Waals surface area contributed by atoms with E-state index >= 15 is 0 Å². The van der Waals surface area contributed by atoms with E-state index < -0.39 is 29.4 Å². The summed E-state index contributed by atoms with van der Waals surface area (Å²) in [6.07, 6.45) is -4.89. The monoisotopic (exact) mass is 372 g/mol. The molecule has 26 heavy (non-hydrogen) atoms. The number of aryl methyl sites for hydroxylation is 1. The molecule has 0 radical (unpaired) electrons. The van der Waals surface area contributed by atoms with Crippen LogP contribution in [-0.4, -0.2) is 23.5 Å². The number of halogens is 4. The molecule has 0 spiro atoms. The molecule has 9 heteroatoms. The lowest BCUT2D eigenvalue weighted by Gasteiger charge is -2.11. The molecule has 1 amide bonds. The van der Waals surface area contributed by atoms with Crippen molar-refractivity contribution >= 4 is 17.6 Å². The molecule has 2 rings (SSSR count). The number of H-pyrrole nitrogens is 1. The van der Waals surface area contributed by atoms with E-state index in [-0.39, 0.29) is 23.6 Å². The van der Waals surface area contributed by atoms with E-state index in [1.54, 1.807) is 13.8 Å². The molecule has 0 atom stereocenters. The molecule has 2 N–H and O–H groups in total. The maximum atomic E-state index is 13.3. The van der Waals surface area contributed by atoms with Crippen LogP contribution >= 0.6 is 0 Å². The number of hydrogen-bond acceptors (Lipinski definition) is 3. The molecular formula is C17H16F4N2O3. The highest BCUT2D eigenvalue weighted by atomic mass is 19.4. The van der Waals surface area contributed by atoms with Gasteiger partial charge in [0.15, 0.2) is 0 Å². The van der Waals surface area contributed by atoms with Crippen LogP contribution < -0.4 is 5.32 Å². The minimum atomic E-state index is -4.89. The fourth-order valence-electron chi connectivity index (χ4n) is 2.50. The largest absolute Gasteiger partial charge is 0.462 e. The molecule has 0 aliphatic rings. The molecule has 0 saturated heterocycles. The normalized spacial score (nSPS) is 11.3. The smallest absolute Gasteiger partial charge is 0.419 e. The Hall–Kier alpha value is -2.84. The molecule has 140 valence electrons. The number of anilines is 1. The Balaban J connectivity index is 2.32. The first-order valence-electron chi connectivity index (χ1n) is 7.60. The quantitative estimate of drug-likeness (QED) is 0.624. The molecule has 0 fully saturated rings. The van der Waals surface area contributed by atoms with E-state index in [1.165, 1.54) is 6.92 Å². The van der Waals surface area contributed by atoms with Crippen LogP contribution in [0.25, 0.3) is 0 Å². The second-order valence-corrected chi connectivity index (χ2v) is 5.49. The zero-order chi connectivity index (χ0) is 19.6. The summed E-state index contributed by atoms with van der Waals surface area (Å²) in [5.41, 5.74) is -0.830. The summed E-state index contributed by atoms with van der Waals surface area (Å²) in [7, 11) is 0. The summed E-state index contributed by atoms with van der Waals surface area (Å²) in [5, 5.41) is 2.26. The van der Waals surface area contributed by atoms with Crippen LogP contribution in [0.5, 0.6) is 0 Å². The lowest BCUT2D eigenvalue weighted by molar-refractivity contribution is -0.139. The minimum absolute atomic E-state index is 0.00318. The molecule has 0 bridgehead atoms. The van der Waals surface area contributed by atoms with Gasteiger partial charge >= 0.3 is 12.1 Å². The lowest BCUT2D eigenvalue weighted by atomic mass is 10.1. The number of alkyl halides is 3. The van der Waals surface area contributed by atoms with Gasteiger partial charge < -0.3 is 15.0 Å². The van der Waals surface area contributed by atoms with Crippen LogP contribution in [0, 0.1) is 19.7 Å². The highest BCUT2D eigenvalue weighted by molar-refractivity contribution is 6.06. The summed E-state index contributed by atoms with van der Waals surface area (Å²) >= 11 is 0. The van der Waals surface area contributed by atoms with Gasteiger partial charge in [-0.15, -0.1) is 0 Å².